The van der Waals surface area contributed by atoms with Crippen LogP contribution in [-0.4, -0.2) is 18.3 Å². The van der Waals surface area contributed by atoms with Crippen molar-refractivity contribution in [2.45, 2.75) is 33.6 Å². The zero-order valence-electron chi connectivity index (χ0n) is 11.4. The molecule has 0 unspecified atom stereocenters. The number of hydrogen-bond donors (Lipinski definition) is 1. The number of carbonyl (C=O) groups excluding carboxylic acids is 2. The van der Waals surface area contributed by atoms with Gasteiger partial charge in [-0.15, -0.1) is 0 Å². The molecule has 5 heteroatoms. The molecule has 0 aliphatic carbocycles. The van der Waals surface area contributed by atoms with Crippen LogP contribution in [-0.2, 0) is 4.79 Å². The van der Waals surface area contributed by atoms with E-state index in [0.29, 0.717) is 28.1 Å². The lowest BCUT2D eigenvalue weighted by atomic mass is 10.1. The standard InChI is InChI=1S/C14H18BrNO3/c1-4-5-6-19-14-8-13(16-10(3)18)12(15)7-11(14)9(2)17/h7-8H,4-6H2,1-3H3,(H,16,18). The Kier molecular flexibility index (Phi) is 6.02. The summed E-state index contributed by atoms with van der Waals surface area (Å²) in [5, 5.41) is 2.69. The summed E-state index contributed by atoms with van der Waals surface area (Å²) in [5.74, 6) is 0.269. The number of ether oxygens (including phenoxy) is 1. The summed E-state index contributed by atoms with van der Waals surface area (Å²) in [4.78, 5) is 22.7. The van der Waals surface area contributed by atoms with Gasteiger partial charge < -0.3 is 10.1 Å². The molecule has 104 valence electrons. The molecule has 1 N–H and O–H groups in total. The minimum absolute atomic E-state index is 0.0680. The first-order valence-corrected chi connectivity index (χ1v) is 6.99. The Labute approximate surface area is 121 Å². The topological polar surface area (TPSA) is 55.4 Å². The van der Waals surface area contributed by atoms with Crippen LogP contribution in [0.1, 0.15) is 44.0 Å². The molecule has 19 heavy (non-hydrogen) atoms. The van der Waals surface area contributed by atoms with E-state index in [1.807, 2.05) is 0 Å². The highest BCUT2D eigenvalue weighted by molar-refractivity contribution is 9.10. The monoisotopic (exact) mass is 327 g/mol. The number of unbranched alkanes of at least 4 members (excludes halogenated alkanes) is 1. The van der Waals surface area contributed by atoms with E-state index < -0.39 is 0 Å². The summed E-state index contributed by atoms with van der Waals surface area (Å²) in [6.45, 7) is 5.55. The maximum atomic E-state index is 11.6. The molecule has 1 aromatic carbocycles. The number of amides is 1. The van der Waals surface area contributed by atoms with Crippen LogP contribution in [0, 0.1) is 0 Å². The fraction of sp³-hybridized carbons (Fsp3) is 0.429. The number of halogens is 1. The van der Waals surface area contributed by atoms with Crippen LogP contribution in [0.25, 0.3) is 0 Å². The van der Waals surface area contributed by atoms with Gasteiger partial charge in [-0.3, -0.25) is 9.59 Å². The summed E-state index contributed by atoms with van der Waals surface area (Å²) in [5.41, 5.74) is 1.11. The molecule has 0 aliphatic heterocycles. The quantitative estimate of drug-likeness (QED) is 0.638. The highest BCUT2D eigenvalue weighted by Gasteiger charge is 2.13. The molecule has 0 aromatic heterocycles. The van der Waals surface area contributed by atoms with E-state index in [4.69, 9.17) is 4.74 Å². The Hall–Kier alpha value is -1.36. The van der Waals surface area contributed by atoms with Gasteiger partial charge in [-0.2, -0.15) is 0 Å². The predicted octanol–water partition coefficient (Wildman–Crippen LogP) is 3.79. The Morgan fingerprint density at radius 1 is 1.32 bits per heavy atom. The molecule has 0 spiro atoms. The summed E-state index contributed by atoms with van der Waals surface area (Å²) in [7, 11) is 0. The normalized spacial score (nSPS) is 10.1. The van der Waals surface area contributed by atoms with Crippen molar-refractivity contribution in [1.29, 1.82) is 0 Å². The Bertz CT molecular complexity index is 486. The van der Waals surface area contributed by atoms with Crippen molar-refractivity contribution >= 4 is 33.3 Å². The highest BCUT2D eigenvalue weighted by Crippen LogP contribution is 2.32. The zero-order valence-corrected chi connectivity index (χ0v) is 13.0. The van der Waals surface area contributed by atoms with Crippen LogP contribution in [0.15, 0.2) is 16.6 Å². The smallest absolute Gasteiger partial charge is 0.221 e. The first-order valence-electron chi connectivity index (χ1n) is 6.20. The first-order chi connectivity index (χ1) is 8.95. The van der Waals surface area contributed by atoms with Gasteiger partial charge >= 0.3 is 0 Å². The molecular formula is C14H18BrNO3. The number of benzene rings is 1. The molecular weight excluding hydrogens is 310 g/mol. The second kappa shape index (κ2) is 7.28. The SMILES string of the molecule is CCCCOc1cc(NC(C)=O)c(Br)cc1C(C)=O. The maximum Gasteiger partial charge on any atom is 0.221 e. The van der Waals surface area contributed by atoms with Crippen molar-refractivity contribution in [1.82, 2.24) is 0 Å². The molecule has 0 saturated carbocycles. The van der Waals surface area contributed by atoms with E-state index >= 15 is 0 Å². The lowest BCUT2D eigenvalue weighted by Gasteiger charge is -2.13. The van der Waals surface area contributed by atoms with Crippen molar-refractivity contribution in [3.8, 4) is 5.75 Å². The zero-order chi connectivity index (χ0) is 14.4. The summed E-state index contributed by atoms with van der Waals surface area (Å²) in [6.07, 6.45) is 1.94. The average Bonchev–Trinajstić information content (AvgIpc) is 2.32. The van der Waals surface area contributed by atoms with Crippen molar-refractivity contribution < 1.29 is 14.3 Å². The van der Waals surface area contributed by atoms with Gasteiger partial charge in [0.05, 0.1) is 17.9 Å². The summed E-state index contributed by atoms with van der Waals surface area (Å²) < 4.78 is 6.29. The third-order valence-electron chi connectivity index (χ3n) is 2.51. The predicted molar refractivity (Wildman–Crippen MR) is 78.9 cm³/mol. The van der Waals surface area contributed by atoms with Crippen LogP contribution in [0.2, 0.25) is 0 Å². The third-order valence-corrected chi connectivity index (χ3v) is 3.17. The number of Topliss-reactive ketones (excluding diaryl/α,β-unsaturated/α-hetero) is 1. The van der Waals surface area contributed by atoms with E-state index in [-0.39, 0.29) is 11.7 Å². The van der Waals surface area contributed by atoms with E-state index in [2.05, 4.69) is 28.2 Å². The summed E-state index contributed by atoms with van der Waals surface area (Å²) >= 11 is 3.34. The van der Waals surface area contributed by atoms with E-state index in [9.17, 15) is 9.59 Å². The molecule has 1 amide bonds. The fourth-order valence-corrected chi connectivity index (χ4v) is 2.00. The molecule has 0 heterocycles. The average molecular weight is 328 g/mol. The van der Waals surface area contributed by atoms with Crippen molar-refractivity contribution in [2.24, 2.45) is 0 Å². The fourth-order valence-electron chi connectivity index (χ4n) is 1.56. The largest absolute Gasteiger partial charge is 0.493 e. The number of carbonyl (C=O) groups is 2. The Balaban J connectivity index is 3.08. The minimum atomic E-state index is -0.171. The van der Waals surface area contributed by atoms with Crippen LogP contribution in [0.5, 0.6) is 5.75 Å². The van der Waals surface area contributed by atoms with Gasteiger partial charge in [-0.05, 0) is 35.3 Å². The first kappa shape index (κ1) is 15.7. The van der Waals surface area contributed by atoms with Gasteiger partial charge in [0.2, 0.25) is 5.91 Å². The number of anilines is 1. The number of ketones is 1. The molecule has 1 rings (SSSR count). The van der Waals surface area contributed by atoms with Crippen LogP contribution in [0.3, 0.4) is 0 Å². The summed E-state index contributed by atoms with van der Waals surface area (Å²) in [6, 6.07) is 3.35. The van der Waals surface area contributed by atoms with Gasteiger partial charge in [0.25, 0.3) is 0 Å². The second-order valence-corrected chi connectivity index (χ2v) is 5.12. The van der Waals surface area contributed by atoms with Crippen molar-refractivity contribution in [3.05, 3.63) is 22.2 Å². The number of nitrogens with one attached hydrogen (secondary N) is 1. The number of hydrogen-bond acceptors (Lipinski definition) is 3. The second-order valence-electron chi connectivity index (χ2n) is 4.27. The highest BCUT2D eigenvalue weighted by atomic mass is 79.9. The third kappa shape index (κ3) is 4.67. The van der Waals surface area contributed by atoms with Gasteiger partial charge in [0.15, 0.2) is 5.78 Å². The van der Waals surface area contributed by atoms with Crippen LogP contribution in [0.4, 0.5) is 5.69 Å². The molecule has 1 aromatic rings. The molecule has 0 bridgehead atoms. The van der Waals surface area contributed by atoms with Gasteiger partial charge in [-0.25, -0.2) is 0 Å². The molecule has 0 radical (unpaired) electrons. The van der Waals surface area contributed by atoms with Crippen molar-refractivity contribution in [3.63, 3.8) is 0 Å². The molecule has 0 saturated heterocycles. The molecule has 0 aliphatic rings. The van der Waals surface area contributed by atoms with Crippen molar-refractivity contribution in [2.75, 3.05) is 11.9 Å². The Morgan fingerprint density at radius 2 is 2.00 bits per heavy atom. The lowest BCUT2D eigenvalue weighted by Crippen LogP contribution is -2.09. The maximum absolute atomic E-state index is 11.6. The molecule has 0 fully saturated rings. The molecule has 0 atom stereocenters. The van der Waals surface area contributed by atoms with Gasteiger partial charge in [0, 0.05) is 17.5 Å². The van der Waals surface area contributed by atoms with E-state index in [1.165, 1.54) is 13.8 Å². The van der Waals surface area contributed by atoms with Crippen LogP contribution >= 0.6 is 15.9 Å². The van der Waals surface area contributed by atoms with E-state index in [0.717, 1.165) is 12.8 Å². The van der Waals surface area contributed by atoms with Gasteiger partial charge in [-0.1, -0.05) is 13.3 Å². The molecule has 4 nitrogen and oxygen atoms in total. The van der Waals surface area contributed by atoms with E-state index in [1.54, 1.807) is 12.1 Å². The van der Waals surface area contributed by atoms with Gasteiger partial charge in [0.1, 0.15) is 5.75 Å². The lowest BCUT2D eigenvalue weighted by molar-refractivity contribution is -0.114. The Morgan fingerprint density at radius 3 is 2.53 bits per heavy atom. The van der Waals surface area contributed by atoms with Crippen LogP contribution < -0.4 is 10.1 Å². The number of rotatable bonds is 6. The minimum Gasteiger partial charge on any atom is -0.493 e.